The highest BCUT2D eigenvalue weighted by Crippen LogP contribution is 2.19. The molecule has 0 amide bonds. The second kappa shape index (κ2) is 7.66. The van der Waals surface area contributed by atoms with Crippen LogP contribution in [0, 0.1) is 5.82 Å². The molecule has 1 aromatic heterocycles. The Hall–Kier alpha value is -2.08. The number of nitrogens with zero attached hydrogens (tertiary/aromatic N) is 2. The normalized spacial score (nSPS) is 19.1. The lowest BCUT2D eigenvalue weighted by atomic mass is 10.1. The Morgan fingerprint density at radius 1 is 1.42 bits per heavy atom. The first-order valence-corrected chi connectivity index (χ1v) is 8.57. The molecule has 0 aliphatic carbocycles. The van der Waals surface area contributed by atoms with E-state index in [4.69, 9.17) is 0 Å². The number of H-pyrrole nitrogens is 1. The topological polar surface area (TPSA) is 55.5 Å². The van der Waals surface area contributed by atoms with E-state index in [1.165, 1.54) is 37.1 Å². The fourth-order valence-electron chi connectivity index (χ4n) is 3.35. The van der Waals surface area contributed by atoms with Gasteiger partial charge >= 0.3 is 0 Å². The number of halogens is 1. The third kappa shape index (κ3) is 3.87. The summed E-state index contributed by atoms with van der Waals surface area (Å²) in [5, 5.41) is 7.84. The molecule has 2 aromatic rings. The zero-order valence-electron chi connectivity index (χ0n) is 14.4. The SMILES string of the molecule is CN=C(NCCc1c[nH]c2cc(F)ccc12)NCC1CCCN1C. The molecule has 0 spiro atoms. The van der Waals surface area contributed by atoms with Crippen LogP contribution < -0.4 is 10.6 Å². The molecule has 1 unspecified atom stereocenters. The van der Waals surface area contributed by atoms with E-state index in [-0.39, 0.29) is 5.82 Å². The quantitative estimate of drug-likeness (QED) is 0.581. The maximum Gasteiger partial charge on any atom is 0.191 e. The molecule has 0 radical (unpaired) electrons. The molecule has 24 heavy (non-hydrogen) atoms. The van der Waals surface area contributed by atoms with Crippen molar-refractivity contribution in [2.24, 2.45) is 4.99 Å². The van der Waals surface area contributed by atoms with Crippen LogP contribution in [-0.2, 0) is 6.42 Å². The van der Waals surface area contributed by atoms with Crippen molar-refractivity contribution in [2.75, 3.05) is 33.7 Å². The number of guanidine groups is 1. The van der Waals surface area contributed by atoms with E-state index in [1.54, 1.807) is 7.05 Å². The standard InChI is InChI=1S/C18H26FN5/c1-20-18(23-12-15-4-3-9-24(15)2)21-8-7-13-11-22-17-10-14(19)5-6-16(13)17/h5-6,10-11,15,22H,3-4,7-9,12H2,1-2H3,(H2,20,21,23). The van der Waals surface area contributed by atoms with Gasteiger partial charge in [-0.2, -0.15) is 0 Å². The lowest BCUT2D eigenvalue weighted by Crippen LogP contribution is -2.44. The van der Waals surface area contributed by atoms with E-state index in [9.17, 15) is 4.39 Å². The van der Waals surface area contributed by atoms with Crippen molar-refractivity contribution in [3.05, 3.63) is 35.8 Å². The van der Waals surface area contributed by atoms with Gasteiger partial charge in [-0.15, -0.1) is 0 Å². The summed E-state index contributed by atoms with van der Waals surface area (Å²) in [7, 11) is 3.97. The van der Waals surface area contributed by atoms with Gasteiger partial charge in [-0.1, -0.05) is 0 Å². The van der Waals surface area contributed by atoms with Gasteiger partial charge in [0.25, 0.3) is 0 Å². The number of fused-ring (bicyclic) bond motifs is 1. The number of rotatable bonds is 5. The Morgan fingerprint density at radius 3 is 3.04 bits per heavy atom. The predicted octanol–water partition coefficient (Wildman–Crippen LogP) is 2.11. The Balaban J connectivity index is 1.48. The smallest absolute Gasteiger partial charge is 0.191 e. The minimum Gasteiger partial charge on any atom is -0.361 e. The molecule has 6 heteroatoms. The number of hydrogen-bond acceptors (Lipinski definition) is 2. The minimum absolute atomic E-state index is 0.212. The number of aliphatic imine (C=N–C) groups is 1. The first-order chi connectivity index (χ1) is 11.7. The van der Waals surface area contributed by atoms with Crippen LogP contribution in [-0.4, -0.2) is 55.6 Å². The summed E-state index contributed by atoms with van der Waals surface area (Å²) < 4.78 is 13.2. The van der Waals surface area contributed by atoms with E-state index < -0.39 is 0 Å². The molecule has 0 bridgehead atoms. The van der Waals surface area contributed by atoms with Crippen LogP contribution in [0.5, 0.6) is 0 Å². The van der Waals surface area contributed by atoms with Crippen LogP contribution in [0.1, 0.15) is 18.4 Å². The fraction of sp³-hybridized carbons (Fsp3) is 0.500. The van der Waals surface area contributed by atoms with Crippen LogP contribution in [0.15, 0.2) is 29.4 Å². The third-order valence-corrected chi connectivity index (χ3v) is 4.82. The number of hydrogen-bond donors (Lipinski definition) is 3. The zero-order valence-corrected chi connectivity index (χ0v) is 14.4. The van der Waals surface area contributed by atoms with Gasteiger partial charge in [0.05, 0.1) is 0 Å². The van der Waals surface area contributed by atoms with Crippen molar-refractivity contribution in [3.8, 4) is 0 Å². The van der Waals surface area contributed by atoms with Crippen molar-refractivity contribution in [1.82, 2.24) is 20.5 Å². The van der Waals surface area contributed by atoms with Gasteiger partial charge in [-0.25, -0.2) is 4.39 Å². The van der Waals surface area contributed by atoms with Crippen LogP contribution in [0.25, 0.3) is 10.9 Å². The first-order valence-electron chi connectivity index (χ1n) is 8.57. The number of aromatic amines is 1. The number of nitrogens with one attached hydrogen (secondary N) is 3. The highest BCUT2D eigenvalue weighted by molar-refractivity contribution is 5.83. The molecular weight excluding hydrogens is 305 g/mol. The molecule has 1 aliphatic heterocycles. The first kappa shape index (κ1) is 16.8. The summed E-state index contributed by atoms with van der Waals surface area (Å²) in [5.41, 5.74) is 2.03. The molecule has 3 N–H and O–H groups in total. The minimum atomic E-state index is -0.212. The van der Waals surface area contributed by atoms with Crippen LogP contribution in [0.3, 0.4) is 0 Å². The Morgan fingerprint density at radius 2 is 2.29 bits per heavy atom. The Labute approximate surface area is 142 Å². The number of benzene rings is 1. The van der Waals surface area contributed by atoms with E-state index >= 15 is 0 Å². The number of likely N-dealkylation sites (tertiary alicyclic amines) is 1. The second-order valence-corrected chi connectivity index (χ2v) is 6.41. The van der Waals surface area contributed by atoms with Crippen molar-refractivity contribution < 1.29 is 4.39 Å². The molecule has 1 atom stereocenters. The lowest BCUT2D eigenvalue weighted by Gasteiger charge is -2.21. The summed E-state index contributed by atoms with van der Waals surface area (Å²) in [4.78, 5) is 9.81. The van der Waals surface area contributed by atoms with Crippen molar-refractivity contribution in [3.63, 3.8) is 0 Å². The second-order valence-electron chi connectivity index (χ2n) is 6.41. The third-order valence-electron chi connectivity index (χ3n) is 4.82. The average molecular weight is 331 g/mol. The van der Waals surface area contributed by atoms with E-state index in [0.717, 1.165) is 36.4 Å². The largest absolute Gasteiger partial charge is 0.361 e. The van der Waals surface area contributed by atoms with E-state index in [2.05, 4.69) is 32.6 Å². The van der Waals surface area contributed by atoms with Gasteiger partial charge in [0.1, 0.15) is 5.82 Å². The molecule has 1 saturated heterocycles. The monoisotopic (exact) mass is 331 g/mol. The summed E-state index contributed by atoms with van der Waals surface area (Å²) in [6, 6.07) is 5.46. The molecule has 130 valence electrons. The maximum atomic E-state index is 13.2. The predicted molar refractivity (Wildman–Crippen MR) is 97.0 cm³/mol. The van der Waals surface area contributed by atoms with Gasteiger partial charge < -0.3 is 20.5 Å². The average Bonchev–Trinajstić information content (AvgIpc) is 3.16. The Bertz CT molecular complexity index is 708. The van der Waals surface area contributed by atoms with E-state index in [0.29, 0.717) is 6.04 Å². The summed E-state index contributed by atoms with van der Waals surface area (Å²) >= 11 is 0. The van der Waals surface area contributed by atoms with E-state index in [1.807, 2.05) is 12.3 Å². The molecule has 3 rings (SSSR count). The van der Waals surface area contributed by atoms with Crippen molar-refractivity contribution >= 4 is 16.9 Å². The number of aromatic nitrogens is 1. The zero-order chi connectivity index (χ0) is 16.9. The molecular formula is C18H26FN5. The molecule has 0 saturated carbocycles. The van der Waals surface area contributed by atoms with Gasteiger partial charge in [0.15, 0.2) is 5.96 Å². The highest BCUT2D eigenvalue weighted by atomic mass is 19.1. The van der Waals surface area contributed by atoms with Gasteiger partial charge in [-0.05, 0) is 56.6 Å². The molecule has 5 nitrogen and oxygen atoms in total. The van der Waals surface area contributed by atoms with Gasteiger partial charge in [0.2, 0.25) is 0 Å². The molecule has 1 fully saturated rings. The van der Waals surface area contributed by atoms with Crippen LogP contribution in [0.2, 0.25) is 0 Å². The lowest BCUT2D eigenvalue weighted by molar-refractivity contribution is 0.309. The fourth-order valence-corrected chi connectivity index (χ4v) is 3.35. The van der Waals surface area contributed by atoms with Crippen LogP contribution in [0.4, 0.5) is 4.39 Å². The number of likely N-dealkylation sites (N-methyl/N-ethyl adjacent to an activating group) is 1. The van der Waals surface area contributed by atoms with Gasteiger partial charge in [0, 0.05) is 43.3 Å². The Kier molecular flexibility index (Phi) is 5.35. The summed E-state index contributed by atoms with van der Waals surface area (Å²) in [6.45, 7) is 2.88. The maximum absolute atomic E-state index is 13.2. The molecule has 1 aliphatic rings. The van der Waals surface area contributed by atoms with Crippen LogP contribution >= 0.6 is 0 Å². The van der Waals surface area contributed by atoms with Gasteiger partial charge in [-0.3, -0.25) is 4.99 Å². The van der Waals surface area contributed by atoms with Crippen molar-refractivity contribution in [2.45, 2.75) is 25.3 Å². The molecule has 1 aromatic carbocycles. The van der Waals surface area contributed by atoms with Crippen molar-refractivity contribution in [1.29, 1.82) is 0 Å². The summed E-state index contributed by atoms with van der Waals surface area (Å²) in [6.07, 6.45) is 5.33. The molecule has 2 heterocycles. The highest BCUT2D eigenvalue weighted by Gasteiger charge is 2.20. The summed E-state index contributed by atoms with van der Waals surface area (Å²) in [5.74, 6) is 0.622.